The predicted octanol–water partition coefficient (Wildman–Crippen LogP) is 5.54. The van der Waals surface area contributed by atoms with E-state index < -0.39 is 0 Å². The van der Waals surface area contributed by atoms with Crippen molar-refractivity contribution in [3.8, 4) is 0 Å². The van der Waals surface area contributed by atoms with Crippen LogP contribution < -0.4 is 0 Å². The largest absolute Gasteiger partial charge is 0.381 e. The Morgan fingerprint density at radius 2 is 1.12 bits per heavy atom. The summed E-state index contributed by atoms with van der Waals surface area (Å²) in [5.74, 6) is 0. The zero-order chi connectivity index (χ0) is 12.6. The van der Waals surface area contributed by atoms with E-state index in [0.717, 1.165) is 19.6 Å². The third-order valence-electron chi connectivity index (χ3n) is 3.18. The quantitative estimate of drug-likeness (QED) is 0.363. The van der Waals surface area contributed by atoms with Gasteiger partial charge in [-0.1, -0.05) is 78.1 Å². The molecule has 0 aromatic carbocycles. The predicted molar refractivity (Wildman–Crippen MR) is 77.3 cm³/mol. The Hall–Kier alpha value is -0.0400. The number of rotatable bonds is 14. The van der Waals surface area contributed by atoms with E-state index in [0.29, 0.717) is 0 Å². The minimum Gasteiger partial charge on any atom is -0.381 e. The van der Waals surface area contributed by atoms with E-state index in [9.17, 15) is 0 Å². The molecule has 0 aromatic heterocycles. The maximum Gasteiger partial charge on any atom is 0.0466 e. The van der Waals surface area contributed by atoms with Crippen LogP contribution in [0.3, 0.4) is 0 Å². The van der Waals surface area contributed by atoms with Crippen LogP contribution in [-0.2, 0) is 4.74 Å². The molecule has 0 amide bonds. The summed E-state index contributed by atoms with van der Waals surface area (Å²) in [5, 5.41) is 0. The van der Waals surface area contributed by atoms with Crippen molar-refractivity contribution in [3.63, 3.8) is 0 Å². The molecule has 0 rings (SSSR count). The second kappa shape index (κ2) is 16.0. The van der Waals surface area contributed by atoms with E-state index in [2.05, 4.69) is 13.8 Å². The van der Waals surface area contributed by atoms with Gasteiger partial charge in [-0.2, -0.15) is 0 Å². The molecule has 0 atom stereocenters. The Bertz CT molecular complexity index is 109. The fourth-order valence-electron chi connectivity index (χ4n) is 1.97. The molecule has 0 unspecified atom stereocenters. The van der Waals surface area contributed by atoms with Gasteiger partial charge in [-0.3, -0.25) is 0 Å². The standard InChI is InChI=1S/C16H33O/c1-3-5-7-8-9-10-11-12-13-14-16-17-15-6-4-2/h1,3-16H2,2H3. The highest BCUT2D eigenvalue weighted by Crippen LogP contribution is 2.10. The first-order valence-electron chi connectivity index (χ1n) is 7.78. The normalized spacial score (nSPS) is 10.9. The molecule has 17 heavy (non-hydrogen) atoms. The fraction of sp³-hybridized carbons (Fsp3) is 0.938. The van der Waals surface area contributed by atoms with Crippen LogP contribution in [-0.4, -0.2) is 13.2 Å². The van der Waals surface area contributed by atoms with Gasteiger partial charge < -0.3 is 4.74 Å². The number of ether oxygens (including phenoxy) is 1. The van der Waals surface area contributed by atoms with E-state index in [1.165, 1.54) is 70.6 Å². The molecule has 1 nitrogen and oxygen atoms in total. The first-order chi connectivity index (χ1) is 8.41. The summed E-state index contributed by atoms with van der Waals surface area (Å²) in [6, 6.07) is 0. The van der Waals surface area contributed by atoms with Crippen molar-refractivity contribution in [2.45, 2.75) is 84.0 Å². The van der Waals surface area contributed by atoms with Crippen molar-refractivity contribution in [3.05, 3.63) is 6.92 Å². The van der Waals surface area contributed by atoms with Gasteiger partial charge in [0, 0.05) is 13.2 Å². The fourth-order valence-corrected chi connectivity index (χ4v) is 1.97. The summed E-state index contributed by atoms with van der Waals surface area (Å²) < 4.78 is 5.54. The zero-order valence-corrected chi connectivity index (χ0v) is 12.0. The Balaban J connectivity index is 2.85. The van der Waals surface area contributed by atoms with Crippen molar-refractivity contribution >= 4 is 0 Å². The molecule has 0 aliphatic carbocycles. The Morgan fingerprint density at radius 1 is 0.647 bits per heavy atom. The van der Waals surface area contributed by atoms with Crippen LogP contribution in [0.2, 0.25) is 0 Å². The third-order valence-corrected chi connectivity index (χ3v) is 3.18. The molecule has 0 aromatic rings. The highest BCUT2D eigenvalue weighted by molar-refractivity contribution is 4.48. The van der Waals surface area contributed by atoms with Gasteiger partial charge in [-0.25, -0.2) is 0 Å². The van der Waals surface area contributed by atoms with Crippen molar-refractivity contribution in [1.82, 2.24) is 0 Å². The molecule has 0 saturated carbocycles. The molecule has 0 bridgehead atoms. The highest BCUT2D eigenvalue weighted by atomic mass is 16.5. The lowest BCUT2D eigenvalue weighted by Gasteiger charge is -2.03. The van der Waals surface area contributed by atoms with Crippen molar-refractivity contribution < 1.29 is 4.74 Å². The number of hydrogen-bond acceptors (Lipinski definition) is 1. The van der Waals surface area contributed by atoms with Crippen molar-refractivity contribution in [2.24, 2.45) is 0 Å². The highest BCUT2D eigenvalue weighted by Gasteiger charge is 1.93. The van der Waals surface area contributed by atoms with E-state index in [4.69, 9.17) is 4.74 Å². The molecule has 0 spiro atoms. The lowest BCUT2D eigenvalue weighted by atomic mass is 10.1. The molecule has 0 heterocycles. The van der Waals surface area contributed by atoms with Gasteiger partial charge in [-0.15, -0.1) is 0 Å². The first kappa shape index (κ1) is 17.0. The summed E-state index contributed by atoms with van der Waals surface area (Å²) in [6.45, 7) is 8.01. The van der Waals surface area contributed by atoms with E-state index in [-0.39, 0.29) is 0 Å². The molecule has 0 aliphatic heterocycles. The van der Waals surface area contributed by atoms with Gasteiger partial charge in [0.2, 0.25) is 0 Å². The third kappa shape index (κ3) is 16.0. The smallest absolute Gasteiger partial charge is 0.0466 e. The molecule has 1 heteroatoms. The minimum atomic E-state index is 0.961. The number of unbranched alkanes of at least 4 members (excludes halogenated alkanes) is 10. The summed E-state index contributed by atoms with van der Waals surface area (Å²) in [7, 11) is 0. The van der Waals surface area contributed by atoms with Gasteiger partial charge in [0.1, 0.15) is 0 Å². The van der Waals surface area contributed by atoms with Gasteiger partial charge >= 0.3 is 0 Å². The van der Waals surface area contributed by atoms with Crippen LogP contribution in [0.25, 0.3) is 0 Å². The lowest BCUT2D eigenvalue weighted by molar-refractivity contribution is 0.127. The monoisotopic (exact) mass is 241 g/mol. The molecular formula is C16H33O. The van der Waals surface area contributed by atoms with E-state index >= 15 is 0 Å². The molecule has 0 N–H and O–H groups in total. The molecule has 0 aliphatic rings. The Morgan fingerprint density at radius 3 is 1.65 bits per heavy atom. The van der Waals surface area contributed by atoms with Crippen LogP contribution >= 0.6 is 0 Å². The average Bonchev–Trinajstić information content (AvgIpc) is 2.35. The minimum absolute atomic E-state index is 0.961. The summed E-state index contributed by atoms with van der Waals surface area (Å²) >= 11 is 0. The zero-order valence-electron chi connectivity index (χ0n) is 12.0. The lowest BCUT2D eigenvalue weighted by Crippen LogP contribution is -1.96. The average molecular weight is 241 g/mol. The SMILES string of the molecule is [CH2]CCCCCCCCCCCOCCCC. The van der Waals surface area contributed by atoms with Crippen molar-refractivity contribution in [1.29, 1.82) is 0 Å². The molecule has 0 saturated heterocycles. The Labute approximate surface area is 109 Å². The van der Waals surface area contributed by atoms with Gasteiger partial charge in [0.25, 0.3) is 0 Å². The van der Waals surface area contributed by atoms with Crippen molar-refractivity contribution in [2.75, 3.05) is 13.2 Å². The Kier molecular flexibility index (Phi) is 15.9. The molecule has 0 fully saturated rings. The second-order valence-electron chi connectivity index (χ2n) is 5.00. The second-order valence-corrected chi connectivity index (χ2v) is 5.00. The number of hydrogen-bond donors (Lipinski definition) is 0. The molecule has 1 radical (unpaired) electrons. The maximum atomic E-state index is 5.54. The van der Waals surface area contributed by atoms with Crippen LogP contribution in [0, 0.1) is 6.92 Å². The molecular weight excluding hydrogens is 208 g/mol. The van der Waals surface area contributed by atoms with Gasteiger partial charge in [0.15, 0.2) is 0 Å². The van der Waals surface area contributed by atoms with E-state index in [1.807, 2.05) is 0 Å². The van der Waals surface area contributed by atoms with Crippen LogP contribution in [0.4, 0.5) is 0 Å². The van der Waals surface area contributed by atoms with Gasteiger partial charge in [0.05, 0.1) is 0 Å². The topological polar surface area (TPSA) is 9.23 Å². The summed E-state index contributed by atoms with van der Waals surface area (Å²) in [4.78, 5) is 0. The summed E-state index contributed by atoms with van der Waals surface area (Å²) in [6.07, 6.45) is 15.9. The van der Waals surface area contributed by atoms with Gasteiger partial charge in [-0.05, 0) is 12.8 Å². The van der Waals surface area contributed by atoms with Crippen LogP contribution in [0.5, 0.6) is 0 Å². The van der Waals surface area contributed by atoms with Crippen LogP contribution in [0.1, 0.15) is 84.0 Å². The molecule has 103 valence electrons. The van der Waals surface area contributed by atoms with Crippen LogP contribution in [0.15, 0.2) is 0 Å². The maximum absolute atomic E-state index is 5.54. The van der Waals surface area contributed by atoms with E-state index in [1.54, 1.807) is 0 Å². The first-order valence-corrected chi connectivity index (χ1v) is 7.78. The summed E-state index contributed by atoms with van der Waals surface area (Å²) in [5.41, 5.74) is 0.